The minimum Gasteiger partial charge on any atom is -0.352 e. The normalized spacial score (nSPS) is 9.73. The van der Waals surface area contributed by atoms with Gasteiger partial charge in [-0.2, -0.15) is 0 Å². The highest BCUT2D eigenvalue weighted by molar-refractivity contribution is 5.71. The van der Waals surface area contributed by atoms with Crippen molar-refractivity contribution in [3.05, 3.63) is 17.5 Å². The predicted octanol–water partition coefficient (Wildman–Crippen LogP) is 0.174. The highest BCUT2D eigenvalue weighted by Gasteiger charge is 1.98. The van der Waals surface area contributed by atoms with Crippen LogP contribution >= 0.6 is 0 Å². The zero-order valence-corrected chi connectivity index (χ0v) is 8.87. The third-order valence-electron chi connectivity index (χ3n) is 1.69. The molecule has 0 saturated carbocycles. The minimum atomic E-state index is -0.529. The number of nitrogens with two attached hydrogens (primary N) is 1. The third kappa shape index (κ3) is 4.26. The third-order valence-corrected chi connectivity index (χ3v) is 1.69. The first-order chi connectivity index (χ1) is 7.08. The molecule has 0 spiro atoms. The van der Waals surface area contributed by atoms with Crippen LogP contribution in [0.3, 0.4) is 0 Å². The molecule has 1 aromatic rings. The zero-order chi connectivity index (χ0) is 11.3. The van der Waals surface area contributed by atoms with Gasteiger partial charge in [-0.25, -0.2) is 14.8 Å². The van der Waals surface area contributed by atoms with Crippen LogP contribution in [0.25, 0.3) is 0 Å². The molecular formula is C9H15N5O. The van der Waals surface area contributed by atoms with Crippen molar-refractivity contribution in [2.75, 3.05) is 18.4 Å². The Morgan fingerprint density at radius 2 is 1.93 bits per heavy atom. The first-order valence-corrected chi connectivity index (χ1v) is 4.67. The van der Waals surface area contributed by atoms with Crippen LogP contribution in [0.2, 0.25) is 0 Å². The summed E-state index contributed by atoms with van der Waals surface area (Å²) in [7, 11) is 0. The molecule has 0 atom stereocenters. The van der Waals surface area contributed by atoms with Gasteiger partial charge in [0.05, 0.1) is 0 Å². The largest absolute Gasteiger partial charge is 0.352 e. The summed E-state index contributed by atoms with van der Waals surface area (Å²) in [6, 6.07) is 1.37. The molecule has 0 radical (unpaired) electrons. The van der Waals surface area contributed by atoms with Gasteiger partial charge in [-0.1, -0.05) is 0 Å². The molecular weight excluding hydrogens is 194 g/mol. The molecule has 0 unspecified atom stereocenters. The van der Waals surface area contributed by atoms with Crippen LogP contribution in [0.5, 0.6) is 0 Å². The number of carbonyl (C=O) groups excluding carboxylic acids is 1. The summed E-state index contributed by atoms with van der Waals surface area (Å²) in [5, 5.41) is 5.45. The van der Waals surface area contributed by atoms with Gasteiger partial charge in [0, 0.05) is 24.5 Å². The Bertz CT molecular complexity index is 332. The summed E-state index contributed by atoms with van der Waals surface area (Å²) in [5.41, 5.74) is 6.73. The first-order valence-electron chi connectivity index (χ1n) is 4.67. The van der Waals surface area contributed by atoms with Gasteiger partial charge in [0.15, 0.2) is 0 Å². The van der Waals surface area contributed by atoms with Crippen LogP contribution in [0.4, 0.5) is 10.7 Å². The lowest BCUT2D eigenvalue weighted by atomic mass is 10.4. The second-order valence-electron chi connectivity index (χ2n) is 3.19. The Labute approximate surface area is 88.3 Å². The summed E-state index contributed by atoms with van der Waals surface area (Å²) in [5.74, 6) is 0.568. The van der Waals surface area contributed by atoms with E-state index in [4.69, 9.17) is 5.73 Å². The van der Waals surface area contributed by atoms with Gasteiger partial charge < -0.3 is 16.4 Å². The molecule has 0 fully saturated rings. The number of amides is 2. The molecule has 0 bridgehead atoms. The van der Waals surface area contributed by atoms with Crippen molar-refractivity contribution in [3.63, 3.8) is 0 Å². The molecule has 1 rings (SSSR count). The van der Waals surface area contributed by atoms with E-state index in [1.54, 1.807) is 0 Å². The summed E-state index contributed by atoms with van der Waals surface area (Å²) in [4.78, 5) is 18.7. The number of rotatable bonds is 4. The molecule has 6 heteroatoms. The van der Waals surface area contributed by atoms with E-state index in [9.17, 15) is 4.79 Å². The van der Waals surface area contributed by atoms with E-state index in [1.807, 2.05) is 19.9 Å². The molecule has 6 nitrogen and oxygen atoms in total. The van der Waals surface area contributed by atoms with Crippen LogP contribution < -0.4 is 16.4 Å². The number of anilines is 1. The molecule has 1 heterocycles. The number of hydrogen-bond acceptors (Lipinski definition) is 4. The van der Waals surface area contributed by atoms with E-state index in [-0.39, 0.29) is 0 Å². The maximum Gasteiger partial charge on any atom is 0.312 e. The van der Waals surface area contributed by atoms with Crippen LogP contribution in [0, 0.1) is 13.8 Å². The lowest BCUT2D eigenvalue weighted by molar-refractivity contribution is 0.249. The molecule has 0 aromatic carbocycles. The average molecular weight is 209 g/mol. The van der Waals surface area contributed by atoms with Crippen LogP contribution in [-0.2, 0) is 0 Å². The van der Waals surface area contributed by atoms with E-state index < -0.39 is 6.03 Å². The van der Waals surface area contributed by atoms with E-state index in [2.05, 4.69) is 20.6 Å². The summed E-state index contributed by atoms with van der Waals surface area (Å²) < 4.78 is 0. The smallest absolute Gasteiger partial charge is 0.312 e. The average Bonchev–Trinajstić information content (AvgIpc) is 2.10. The maximum absolute atomic E-state index is 10.4. The molecule has 1 aromatic heterocycles. The van der Waals surface area contributed by atoms with Gasteiger partial charge >= 0.3 is 6.03 Å². The van der Waals surface area contributed by atoms with Gasteiger partial charge in [-0.15, -0.1) is 0 Å². The fourth-order valence-electron chi connectivity index (χ4n) is 1.17. The second kappa shape index (κ2) is 5.14. The molecule has 0 aliphatic carbocycles. The highest BCUT2D eigenvalue weighted by atomic mass is 16.2. The van der Waals surface area contributed by atoms with Gasteiger partial charge in [0.25, 0.3) is 0 Å². The number of carbonyl (C=O) groups is 1. The molecule has 2 amide bonds. The molecule has 0 aliphatic rings. The fraction of sp³-hybridized carbons (Fsp3) is 0.444. The standard InChI is InChI=1S/C9H15N5O/c1-6-5-7(2)14-9(13-6)12-4-3-11-8(10)15/h5H,3-4H2,1-2H3,(H3,10,11,15)(H,12,13,14). The van der Waals surface area contributed by atoms with Crippen molar-refractivity contribution in [2.24, 2.45) is 5.73 Å². The summed E-state index contributed by atoms with van der Waals surface area (Å²) in [6.45, 7) is 4.81. The van der Waals surface area contributed by atoms with E-state index in [0.29, 0.717) is 19.0 Å². The Kier molecular flexibility index (Phi) is 3.84. The second-order valence-corrected chi connectivity index (χ2v) is 3.19. The lowest BCUT2D eigenvalue weighted by Crippen LogP contribution is -2.33. The Morgan fingerprint density at radius 1 is 1.33 bits per heavy atom. The van der Waals surface area contributed by atoms with Crippen LogP contribution in [0.15, 0.2) is 6.07 Å². The van der Waals surface area contributed by atoms with Crippen molar-refractivity contribution in [3.8, 4) is 0 Å². The maximum atomic E-state index is 10.4. The molecule has 4 N–H and O–H groups in total. The Hall–Kier alpha value is -1.85. The Morgan fingerprint density at radius 3 is 2.47 bits per heavy atom. The van der Waals surface area contributed by atoms with Crippen molar-refractivity contribution in [1.29, 1.82) is 0 Å². The van der Waals surface area contributed by atoms with Crippen LogP contribution in [0.1, 0.15) is 11.4 Å². The Balaban J connectivity index is 2.40. The molecule has 82 valence electrons. The van der Waals surface area contributed by atoms with Gasteiger partial charge in [-0.3, -0.25) is 0 Å². The molecule has 0 saturated heterocycles. The topological polar surface area (TPSA) is 92.9 Å². The van der Waals surface area contributed by atoms with Gasteiger partial charge in [0.2, 0.25) is 5.95 Å². The quantitative estimate of drug-likeness (QED) is 0.616. The fourth-order valence-corrected chi connectivity index (χ4v) is 1.17. The van der Waals surface area contributed by atoms with E-state index in [0.717, 1.165) is 11.4 Å². The lowest BCUT2D eigenvalue weighted by Gasteiger charge is -2.06. The monoisotopic (exact) mass is 209 g/mol. The van der Waals surface area contributed by atoms with Crippen molar-refractivity contribution in [1.82, 2.24) is 15.3 Å². The summed E-state index contributed by atoms with van der Waals surface area (Å²) in [6.07, 6.45) is 0. The number of aryl methyl sites for hydroxylation is 2. The molecule has 0 aliphatic heterocycles. The first kappa shape index (κ1) is 11.2. The number of primary amides is 1. The van der Waals surface area contributed by atoms with Gasteiger partial charge in [0.1, 0.15) is 0 Å². The number of urea groups is 1. The SMILES string of the molecule is Cc1cc(C)nc(NCCNC(N)=O)n1. The predicted molar refractivity (Wildman–Crippen MR) is 57.6 cm³/mol. The van der Waals surface area contributed by atoms with E-state index >= 15 is 0 Å². The minimum absolute atomic E-state index is 0.450. The summed E-state index contributed by atoms with van der Waals surface area (Å²) >= 11 is 0. The van der Waals surface area contributed by atoms with Crippen molar-refractivity contribution < 1.29 is 4.79 Å². The van der Waals surface area contributed by atoms with Crippen molar-refractivity contribution in [2.45, 2.75) is 13.8 Å². The van der Waals surface area contributed by atoms with E-state index in [1.165, 1.54) is 0 Å². The highest BCUT2D eigenvalue weighted by Crippen LogP contribution is 2.02. The number of aromatic nitrogens is 2. The number of hydrogen-bond donors (Lipinski definition) is 3. The molecule has 15 heavy (non-hydrogen) atoms. The zero-order valence-electron chi connectivity index (χ0n) is 8.87. The number of nitrogens with one attached hydrogen (secondary N) is 2. The van der Waals surface area contributed by atoms with Crippen molar-refractivity contribution >= 4 is 12.0 Å². The van der Waals surface area contributed by atoms with Gasteiger partial charge in [-0.05, 0) is 19.9 Å². The van der Waals surface area contributed by atoms with Crippen LogP contribution in [-0.4, -0.2) is 29.1 Å². The number of nitrogens with zero attached hydrogens (tertiary/aromatic N) is 2.